The summed E-state index contributed by atoms with van der Waals surface area (Å²) < 4.78 is 0. The lowest BCUT2D eigenvalue weighted by atomic mass is 10.3. The Balaban J connectivity index is 0. The lowest BCUT2D eigenvalue weighted by molar-refractivity contribution is -0.371. The van der Waals surface area contributed by atoms with Crippen molar-refractivity contribution in [1.29, 1.82) is 0 Å². The van der Waals surface area contributed by atoms with Crippen LogP contribution in [0.3, 0.4) is 0 Å². The fourth-order valence-electron chi connectivity index (χ4n) is 0.739. The van der Waals surface area contributed by atoms with Gasteiger partial charge in [0.05, 0.1) is 33.0 Å². The molecule has 0 aliphatic rings. The summed E-state index contributed by atoms with van der Waals surface area (Å²) in [6.45, 7) is 3.08. The molecule has 9 heteroatoms. The first-order valence-corrected chi connectivity index (χ1v) is 5.37. The van der Waals surface area contributed by atoms with Crippen LogP contribution in [0.4, 0.5) is 0 Å². The van der Waals surface area contributed by atoms with Gasteiger partial charge < -0.3 is 25.3 Å². The Morgan fingerprint density at radius 2 is 1.41 bits per heavy atom. The second-order valence-corrected chi connectivity index (χ2v) is 2.87. The maximum absolute atomic E-state index is 8.51. The van der Waals surface area contributed by atoms with Crippen LogP contribution in [0.2, 0.25) is 0 Å². The van der Waals surface area contributed by atoms with Crippen molar-refractivity contribution >= 4 is 7.32 Å². The third-order valence-corrected chi connectivity index (χ3v) is 1.35. The Hall–Kier alpha value is -0.255. The molecule has 0 radical (unpaired) electrons. The first kappa shape index (κ1) is 19.1. The Bertz CT molecular complexity index is 119. The van der Waals surface area contributed by atoms with E-state index in [0.29, 0.717) is 6.54 Å². The number of rotatable bonds is 9. The smallest absolute Gasteiger partial charge is 0.402 e. The molecule has 0 aromatic carbocycles. The fraction of sp³-hybridized carbons (Fsp3) is 1.00. The van der Waals surface area contributed by atoms with Crippen LogP contribution in [0, 0.1) is 0 Å². The molecule has 17 heavy (non-hydrogen) atoms. The molecule has 8 nitrogen and oxygen atoms in total. The fourth-order valence-corrected chi connectivity index (χ4v) is 0.739. The van der Waals surface area contributed by atoms with Crippen molar-refractivity contribution in [2.24, 2.45) is 0 Å². The van der Waals surface area contributed by atoms with Gasteiger partial charge in [-0.15, -0.1) is 0 Å². The third kappa shape index (κ3) is 21.6. The van der Waals surface area contributed by atoms with Crippen LogP contribution in [0.5, 0.6) is 0 Å². The molecule has 0 unspecified atom stereocenters. The van der Waals surface area contributed by atoms with Gasteiger partial charge >= 0.3 is 7.32 Å². The number of hydroxylamine groups is 2. The average molecular weight is 255 g/mol. The number of hydrogen-bond acceptors (Lipinski definition) is 8. The van der Waals surface area contributed by atoms with Crippen molar-refractivity contribution in [3.8, 4) is 0 Å². The van der Waals surface area contributed by atoms with Gasteiger partial charge in [-0.05, 0) is 6.42 Å². The van der Waals surface area contributed by atoms with E-state index in [4.69, 9.17) is 35.0 Å². The summed E-state index contributed by atoms with van der Waals surface area (Å²) in [5.41, 5.74) is 0. The van der Waals surface area contributed by atoms with Crippen molar-refractivity contribution in [1.82, 2.24) is 5.23 Å². The van der Waals surface area contributed by atoms with E-state index in [2.05, 4.69) is 6.92 Å². The molecular weight excluding hydrogens is 233 g/mol. The van der Waals surface area contributed by atoms with Crippen molar-refractivity contribution in [3.05, 3.63) is 0 Å². The second-order valence-electron chi connectivity index (χ2n) is 2.87. The first-order valence-electron chi connectivity index (χ1n) is 5.37. The summed E-state index contributed by atoms with van der Waals surface area (Å²) in [4.78, 5) is 10.1. The van der Waals surface area contributed by atoms with E-state index in [1.165, 1.54) is 5.23 Å². The van der Waals surface area contributed by atoms with Gasteiger partial charge in [0.25, 0.3) is 0 Å². The van der Waals surface area contributed by atoms with Crippen LogP contribution in [-0.4, -0.2) is 70.8 Å². The summed E-state index contributed by atoms with van der Waals surface area (Å²) in [5.74, 6) is 0. The third-order valence-electron chi connectivity index (χ3n) is 1.35. The molecule has 0 fully saturated rings. The summed E-state index contributed by atoms with van der Waals surface area (Å²) in [6.07, 6.45) is 2.00. The lowest BCUT2D eigenvalue weighted by Crippen LogP contribution is -2.28. The van der Waals surface area contributed by atoms with Crippen LogP contribution < -0.4 is 0 Å². The molecule has 0 saturated heterocycles. The molecule has 0 saturated carbocycles. The SMILES string of the molecule is CCCCN(OCCO)OCCO.OB(O)O. The maximum Gasteiger partial charge on any atom is 0.631 e. The van der Waals surface area contributed by atoms with Crippen molar-refractivity contribution in [2.75, 3.05) is 33.0 Å². The van der Waals surface area contributed by atoms with Gasteiger partial charge in [0.2, 0.25) is 0 Å². The zero-order chi connectivity index (χ0) is 13.5. The second kappa shape index (κ2) is 15.7. The molecule has 0 aromatic heterocycles. The average Bonchev–Trinajstić information content (AvgIpc) is 2.27. The van der Waals surface area contributed by atoms with Crippen molar-refractivity contribution in [2.45, 2.75) is 19.8 Å². The normalized spacial score (nSPS) is 10.1. The van der Waals surface area contributed by atoms with Gasteiger partial charge in [0.15, 0.2) is 0 Å². The molecule has 104 valence electrons. The highest BCUT2D eigenvalue weighted by atomic mass is 16.9. The van der Waals surface area contributed by atoms with Crippen LogP contribution >= 0.6 is 0 Å². The molecule has 0 heterocycles. The molecule has 0 spiro atoms. The summed E-state index contributed by atoms with van der Waals surface area (Å²) in [6, 6.07) is 0. The Kier molecular flexibility index (Phi) is 17.7. The Morgan fingerprint density at radius 1 is 1.00 bits per heavy atom. The predicted octanol–water partition coefficient (Wildman–Crippen LogP) is -2.12. The molecule has 5 N–H and O–H groups in total. The van der Waals surface area contributed by atoms with Crippen LogP contribution in [0.1, 0.15) is 19.8 Å². The molecule has 0 rings (SSSR count). The van der Waals surface area contributed by atoms with Crippen molar-refractivity contribution in [3.63, 3.8) is 0 Å². The monoisotopic (exact) mass is 255 g/mol. The summed E-state index contributed by atoms with van der Waals surface area (Å²) in [7, 11) is -2.17. The molecule has 0 aliphatic heterocycles. The quantitative estimate of drug-likeness (QED) is 0.234. The van der Waals surface area contributed by atoms with Gasteiger partial charge in [-0.3, -0.25) is 9.68 Å². The minimum atomic E-state index is -2.17. The topological polar surface area (TPSA) is 123 Å². The van der Waals surface area contributed by atoms with Gasteiger partial charge in [-0.25, -0.2) is 0 Å². The highest BCUT2D eigenvalue weighted by Gasteiger charge is 2.04. The van der Waals surface area contributed by atoms with E-state index in [1.807, 2.05) is 0 Å². The Labute approximate surface area is 101 Å². The van der Waals surface area contributed by atoms with E-state index in [0.717, 1.165) is 12.8 Å². The van der Waals surface area contributed by atoms with Gasteiger partial charge in [-0.1, -0.05) is 18.6 Å². The number of nitrogens with zero attached hydrogens (tertiary/aromatic N) is 1. The first-order chi connectivity index (χ1) is 8.08. The molecular formula is C8H22BNO7. The highest BCUT2D eigenvalue weighted by molar-refractivity contribution is 6.30. The minimum absolute atomic E-state index is 0.0366. The summed E-state index contributed by atoms with van der Waals surface area (Å²) in [5, 5.41) is 39.8. The predicted molar refractivity (Wildman–Crippen MR) is 60.1 cm³/mol. The summed E-state index contributed by atoms with van der Waals surface area (Å²) >= 11 is 0. The standard InChI is InChI=1S/C8H19NO4.BH3O3/c1-2-3-4-9(12-7-5-10)13-8-6-11;2-1(3)4/h10-11H,2-8H2,1H3;2-4H. The molecule has 0 aliphatic carbocycles. The maximum atomic E-state index is 8.51. The number of aliphatic hydroxyl groups excluding tert-OH is 2. The van der Waals surface area contributed by atoms with Gasteiger partial charge in [-0.2, -0.15) is 0 Å². The van der Waals surface area contributed by atoms with Crippen LogP contribution in [-0.2, 0) is 9.68 Å². The van der Waals surface area contributed by atoms with Crippen molar-refractivity contribution < 1.29 is 35.0 Å². The zero-order valence-electron chi connectivity index (χ0n) is 10.0. The van der Waals surface area contributed by atoms with Gasteiger partial charge in [0.1, 0.15) is 0 Å². The number of aliphatic hydroxyl groups is 2. The van der Waals surface area contributed by atoms with Gasteiger partial charge in [0, 0.05) is 0 Å². The van der Waals surface area contributed by atoms with E-state index in [-0.39, 0.29) is 26.4 Å². The minimum Gasteiger partial charge on any atom is -0.402 e. The molecule has 0 amide bonds. The largest absolute Gasteiger partial charge is 0.631 e. The molecule has 0 atom stereocenters. The van der Waals surface area contributed by atoms with E-state index < -0.39 is 7.32 Å². The van der Waals surface area contributed by atoms with Crippen LogP contribution in [0.15, 0.2) is 0 Å². The molecule has 0 bridgehead atoms. The number of hydrogen-bond donors (Lipinski definition) is 5. The van der Waals surface area contributed by atoms with E-state index in [1.54, 1.807) is 0 Å². The Morgan fingerprint density at radius 3 is 1.71 bits per heavy atom. The van der Waals surface area contributed by atoms with E-state index >= 15 is 0 Å². The number of unbranched alkanes of at least 4 members (excludes halogenated alkanes) is 1. The lowest BCUT2D eigenvalue weighted by Gasteiger charge is -2.19. The highest BCUT2D eigenvalue weighted by Crippen LogP contribution is 1.97. The molecule has 0 aromatic rings. The van der Waals surface area contributed by atoms with Crippen LogP contribution in [0.25, 0.3) is 0 Å². The van der Waals surface area contributed by atoms with E-state index in [9.17, 15) is 0 Å². The zero-order valence-corrected chi connectivity index (χ0v) is 10.0.